The van der Waals surface area contributed by atoms with Gasteiger partial charge >= 0.3 is 0 Å². The number of carbonyl (C=O) groups is 2. The van der Waals surface area contributed by atoms with Crippen LogP contribution in [0.3, 0.4) is 0 Å². The molecule has 1 unspecified atom stereocenters. The van der Waals surface area contributed by atoms with Crippen molar-refractivity contribution in [1.82, 2.24) is 10.4 Å². The second-order valence-electron chi connectivity index (χ2n) is 9.24. The van der Waals surface area contributed by atoms with E-state index in [1.807, 2.05) is 19.9 Å². The van der Waals surface area contributed by atoms with Gasteiger partial charge in [-0.2, -0.15) is 5.26 Å². The molecule has 8 nitrogen and oxygen atoms in total. The van der Waals surface area contributed by atoms with Gasteiger partial charge in [0.1, 0.15) is 17.3 Å². The number of allylic oxidation sites excluding steroid dienone is 3. The molecule has 1 amide bonds. The van der Waals surface area contributed by atoms with E-state index in [1.54, 1.807) is 25.3 Å². The first-order valence-electron chi connectivity index (χ1n) is 10.9. The maximum atomic E-state index is 13.5. The Bertz CT molecular complexity index is 1270. The first-order valence-corrected chi connectivity index (χ1v) is 10.9. The maximum absolute atomic E-state index is 13.5. The summed E-state index contributed by atoms with van der Waals surface area (Å²) in [5.74, 6) is -0.549. The number of hydrogen-bond acceptors (Lipinski definition) is 7. The highest BCUT2D eigenvalue weighted by molar-refractivity contribution is 6.01. The number of nitrogens with one attached hydrogen (secondary N) is 1. The molecular weight excluding hydrogens is 432 g/mol. The number of hydrogen-bond donors (Lipinski definition) is 3. The number of benzene rings is 2. The van der Waals surface area contributed by atoms with Gasteiger partial charge in [-0.15, -0.1) is 0 Å². The van der Waals surface area contributed by atoms with Crippen LogP contribution in [-0.4, -0.2) is 28.9 Å². The van der Waals surface area contributed by atoms with Crippen molar-refractivity contribution in [3.05, 3.63) is 82.3 Å². The molecule has 0 spiro atoms. The van der Waals surface area contributed by atoms with Crippen LogP contribution in [0.4, 0.5) is 0 Å². The molecule has 174 valence electrons. The molecule has 0 saturated heterocycles. The number of hydrazine groups is 1. The van der Waals surface area contributed by atoms with Crippen molar-refractivity contribution < 1.29 is 19.4 Å². The van der Waals surface area contributed by atoms with Gasteiger partial charge in [0.05, 0.1) is 30.4 Å². The fourth-order valence-electron chi connectivity index (χ4n) is 4.57. The maximum Gasteiger partial charge on any atom is 0.270 e. The number of nitrogens with zero attached hydrogens (tertiary/aromatic N) is 2. The van der Waals surface area contributed by atoms with Crippen molar-refractivity contribution in [2.45, 2.75) is 32.6 Å². The summed E-state index contributed by atoms with van der Waals surface area (Å²) in [6.45, 7) is 3.96. The Kier molecular flexibility index (Phi) is 5.80. The summed E-state index contributed by atoms with van der Waals surface area (Å²) in [4.78, 5) is 26.5. The minimum Gasteiger partial charge on any atom is -0.508 e. The lowest BCUT2D eigenvalue weighted by atomic mass is 9.69. The third-order valence-corrected chi connectivity index (χ3v) is 6.15. The number of methoxy groups -OCH3 is 1. The molecule has 0 saturated carbocycles. The molecule has 1 heterocycles. The van der Waals surface area contributed by atoms with Crippen LogP contribution in [0.15, 0.2) is 71.2 Å². The van der Waals surface area contributed by atoms with E-state index in [0.717, 1.165) is 0 Å². The highest BCUT2D eigenvalue weighted by Crippen LogP contribution is 2.48. The molecule has 8 heteroatoms. The Balaban J connectivity index is 1.85. The van der Waals surface area contributed by atoms with E-state index in [9.17, 15) is 20.0 Å². The number of Topliss-reactive ketones (excluding diaryl/α,β-unsaturated/α-hetero) is 1. The van der Waals surface area contributed by atoms with Crippen LogP contribution in [-0.2, 0) is 4.79 Å². The SMILES string of the molecule is COc1cccc(C2C(C#N)=C(N)N(NC(=O)c3ccc(O)cc3)C3=C2C(=O)CC(C)(C)C3)c1. The number of ether oxygens (including phenoxy) is 1. The first-order chi connectivity index (χ1) is 16.1. The van der Waals surface area contributed by atoms with Crippen LogP contribution < -0.4 is 15.9 Å². The second-order valence-corrected chi connectivity index (χ2v) is 9.24. The Morgan fingerprint density at radius 3 is 2.59 bits per heavy atom. The molecule has 2 aromatic rings. The Morgan fingerprint density at radius 1 is 1.24 bits per heavy atom. The van der Waals surface area contributed by atoms with Crippen LogP contribution in [0.1, 0.15) is 48.5 Å². The number of phenolic OH excluding ortho intramolecular Hbond substituents is 1. The molecule has 0 aromatic heterocycles. The summed E-state index contributed by atoms with van der Waals surface area (Å²) in [6, 6.07) is 15.1. The van der Waals surface area contributed by atoms with Crippen LogP contribution >= 0.6 is 0 Å². The standard InChI is InChI=1S/C26H26N4O4/c1-26(2)12-20-23(21(32)13-26)22(16-5-4-6-18(11-16)34-3)19(14-27)24(28)30(20)29-25(33)15-7-9-17(31)10-8-15/h4-11,22,31H,12-13,28H2,1-3H3,(H,29,33). The van der Waals surface area contributed by atoms with Crippen LogP contribution in [0.5, 0.6) is 11.5 Å². The summed E-state index contributed by atoms with van der Waals surface area (Å²) in [5.41, 5.74) is 11.1. The van der Waals surface area contributed by atoms with Crippen molar-refractivity contribution in [1.29, 1.82) is 5.26 Å². The number of ketones is 1. The van der Waals surface area contributed by atoms with Gasteiger partial charge in [-0.1, -0.05) is 26.0 Å². The minimum absolute atomic E-state index is 0.0338. The number of nitrogens with two attached hydrogens (primary N) is 1. The van der Waals surface area contributed by atoms with Gasteiger partial charge < -0.3 is 15.6 Å². The predicted molar refractivity (Wildman–Crippen MR) is 125 cm³/mol. The molecule has 2 aliphatic rings. The number of aromatic hydroxyl groups is 1. The van der Waals surface area contributed by atoms with E-state index >= 15 is 0 Å². The number of nitriles is 1. The lowest BCUT2D eigenvalue weighted by Crippen LogP contribution is -2.49. The summed E-state index contributed by atoms with van der Waals surface area (Å²) >= 11 is 0. The highest BCUT2D eigenvalue weighted by Gasteiger charge is 2.45. The monoisotopic (exact) mass is 458 g/mol. The zero-order valence-electron chi connectivity index (χ0n) is 19.3. The van der Waals surface area contributed by atoms with Crippen molar-refractivity contribution in [2.24, 2.45) is 11.1 Å². The van der Waals surface area contributed by atoms with E-state index < -0.39 is 11.8 Å². The molecule has 0 fully saturated rings. The molecule has 2 aromatic carbocycles. The lowest BCUT2D eigenvalue weighted by Gasteiger charge is -2.43. The first kappa shape index (κ1) is 22.9. The third-order valence-electron chi connectivity index (χ3n) is 6.15. The van der Waals surface area contributed by atoms with Gasteiger partial charge in [-0.3, -0.25) is 15.0 Å². The average molecular weight is 459 g/mol. The van der Waals surface area contributed by atoms with Crippen molar-refractivity contribution >= 4 is 11.7 Å². The fourth-order valence-corrected chi connectivity index (χ4v) is 4.57. The Labute approximate surface area is 197 Å². The van der Waals surface area contributed by atoms with Crippen LogP contribution in [0.25, 0.3) is 0 Å². The zero-order chi connectivity index (χ0) is 24.6. The van der Waals surface area contributed by atoms with E-state index in [1.165, 1.54) is 29.3 Å². The quantitative estimate of drug-likeness (QED) is 0.640. The largest absolute Gasteiger partial charge is 0.508 e. The van der Waals surface area contributed by atoms with E-state index in [4.69, 9.17) is 10.5 Å². The molecule has 4 rings (SSSR count). The van der Waals surface area contributed by atoms with Crippen molar-refractivity contribution in [3.63, 3.8) is 0 Å². The Hall–Kier alpha value is -4.25. The molecule has 1 aliphatic heterocycles. The second kappa shape index (κ2) is 8.60. The number of phenols is 1. The molecule has 1 atom stereocenters. The summed E-state index contributed by atoms with van der Waals surface area (Å²) in [5, 5.41) is 21.0. The molecule has 1 aliphatic carbocycles. The molecule has 4 N–H and O–H groups in total. The van der Waals surface area contributed by atoms with Gasteiger partial charge in [0.2, 0.25) is 0 Å². The highest BCUT2D eigenvalue weighted by atomic mass is 16.5. The van der Waals surface area contributed by atoms with Crippen molar-refractivity contribution in [2.75, 3.05) is 7.11 Å². The van der Waals surface area contributed by atoms with Gasteiger partial charge in [0, 0.05) is 17.6 Å². The average Bonchev–Trinajstić information content (AvgIpc) is 2.80. The minimum atomic E-state index is -0.666. The normalized spacial score (nSPS) is 19.4. The summed E-state index contributed by atoms with van der Waals surface area (Å²) in [7, 11) is 1.55. The summed E-state index contributed by atoms with van der Waals surface area (Å²) in [6.07, 6.45) is 0.786. The molecule has 0 bridgehead atoms. The Morgan fingerprint density at radius 2 is 1.94 bits per heavy atom. The lowest BCUT2D eigenvalue weighted by molar-refractivity contribution is -0.118. The van der Waals surface area contributed by atoms with E-state index in [-0.39, 0.29) is 28.3 Å². The topological polar surface area (TPSA) is 129 Å². The fraction of sp³-hybridized carbons (Fsp3) is 0.269. The van der Waals surface area contributed by atoms with Gasteiger partial charge in [0.25, 0.3) is 5.91 Å². The number of amides is 1. The smallest absolute Gasteiger partial charge is 0.270 e. The van der Waals surface area contributed by atoms with Crippen LogP contribution in [0.2, 0.25) is 0 Å². The predicted octanol–water partition coefficient (Wildman–Crippen LogP) is 3.48. The molecular formula is C26H26N4O4. The molecule has 0 radical (unpaired) electrons. The molecule has 34 heavy (non-hydrogen) atoms. The zero-order valence-corrected chi connectivity index (χ0v) is 19.3. The van der Waals surface area contributed by atoms with Crippen LogP contribution in [0, 0.1) is 16.7 Å². The number of carbonyl (C=O) groups excluding carboxylic acids is 2. The summed E-state index contributed by atoms with van der Waals surface area (Å²) < 4.78 is 5.35. The van der Waals surface area contributed by atoms with Crippen molar-refractivity contribution in [3.8, 4) is 17.6 Å². The van der Waals surface area contributed by atoms with Gasteiger partial charge in [0.15, 0.2) is 5.78 Å². The number of rotatable bonds is 4. The van der Waals surface area contributed by atoms with Gasteiger partial charge in [-0.25, -0.2) is 5.01 Å². The van der Waals surface area contributed by atoms with Gasteiger partial charge in [-0.05, 0) is 53.8 Å². The third kappa shape index (κ3) is 4.08. The van der Waals surface area contributed by atoms with E-state index in [0.29, 0.717) is 41.0 Å². The van der Waals surface area contributed by atoms with E-state index in [2.05, 4.69) is 11.5 Å².